The normalized spacial score (nSPS) is 10.5. The van der Waals surface area contributed by atoms with E-state index in [0.29, 0.717) is 13.0 Å². The van der Waals surface area contributed by atoms with Crippen LogP contribution in [0.15, 0.2) is 48.5 Å². The Morgan fingerprint density at radius 2 is 1.82 bits per heavy atom. The Balaban J connectivity index is 2.26. The quantitative estimate of drug-likeness (QED) is 0.862. The number of carbonyl (C=O) groups is 1. The fourth-order valence-corrected chi connectivity index (χ4v) is 2.40. The van der Waals surface area contributed by atoms with Crippen LogP contribution in [0, 0.1) is 0 Å². The number of phenols is 1. The molecule has 0 unspecified atom stereocenters. The number of hydrogen-bond acceptors (Lipinski definition) is 3. The zero-order valence-corrected chi connectivity index (χ0v) is 12.7. The van der Waals surface area contributed by atoms with Crippen LogP contribution < -0.4 is 0 Å². The number of aromatic hydroxyl groups is 1. The molecule has 22 heavy (non-hydrogen) atoms. The van der Waals surface area contributed by atoms with E-state index < -0.39 is 0 Å². The smallest absolute Gasteiger partial charge is 0.258 e. The van der Waals surface area contributed by atoms with Crippen LogP contribution in [0.25, 0.3) is 0 Å². The second kappa shape index (κ2) is 7.61. The summed E-state index contributed by atoms with van der Waals surface area (Å²) in [4.78, 5) is 14.2. The van der Waals surface area contributed by atoms with E-state index >= 15 is 0 Å². The summed E-state index contributed by atoms with van der Waals surface area (Å²) in [5.41, 5.74) is 2.01. The fraction of sp³-hybridized carbons (Fsp3) is 0.278. The summed E-state index contributed by atoms with van der Waals surface area (Å²) >= 11 is 0. The zero-order chi connectivity index (χ0) is 15.9. The van der Waals surface area contributed by atoms with Crippen molar-refractivity contribution in [3.05, 3.63) is 65.2 Å². The van der Waals surface area contributed by atoms with E-state index in [0.717, 1.165) is 11.1 Å². The maximum absolute atomic E-state index is 12.7. The number of aliphatic hydroxyl groups excluding tert-OH is 1. The number of rotatable bonds is 6. The van der Waals surface area contributed by atoms with Gasteiger partial charge < -0.3 is 15.1 Å². The first-order valence-electron chi connectivity index (χ1n) is 7.42. The molecule has 0 spiro atoms. The van der Waals surface area contributed by atoms with Crippen LogP contribution in [-0.2, 0) is 13.0 Å². The monoisotopic (exact) mass is 299 g/mol. The third kappa shape index (κ3) is 3.65. The van der Waals surface area contributed by atoms with Crippen molar-refractivity contribution in [3.63, 3.8) is 0 Å². The number of amides is 1. The van der Waals surface area contributed by atoms with Gasteiger partial charge >= 0.3 is 0 Å². The summed E-state index contributed by atoms with van der Waals surface area (Å²) in [7, 11) is 0. The second-order valence-electron chi connectivity index (χ2n) is 5.10. The minimum absolute atomic E-state index is 0.0333. The molecular weight excluding hydrogens is 278 g/mol. The van der Waals surface area contributed by atoms with Gasteiger partial charge in [0.05, 0.1) is 12.2 Å². The van der Waals surface area contributed by atoms with Gasteiger partial charge in [-0.1, -0.05) is 49.4 Å². The molecule has 0 aliphatic carbocycles. The van der Waals surface area contributed by atoms with Crippen molar-refractivity contribution in [1.29, 1.82) is 0 Å². The predicted molar refractivity (Wildman–Crippen MR) is 85.8 cm³/mol. The standard InChI is InChI=1S/C18H21NO3/c1-2-15-9-6-10-16(17(15)21)18(22)19(11-12-20)13-14-7-4-3-5-8-14/h3-10,20-21H,2,11-13H2,1H3. The van der Waals surface area contributed by atoms with Crippen molar-refractivity contribution < 1.29 is 15.0 Å². The van der Waals surface area contributed by atoms with Crippen LogP contribution in [0.3, 0.4) is 0 Å². The van der Waals surface area contributed by atoms with E-state index in [1.807, 2.05) is 37.3 Å². The second-order valence-corrected chi connectivity index (χ2v) is 5.10. The Bertz CT molecular complexity index is 625. The first-order valence-corrected chi connectivity index (χ1v) is 7.42. The molecule has 2 aromatic rings. The van der Waals surface area contributed by atoms with Crippen LogP contribution in [0.2, 0.25) is 0 Å². The average Bonchev–Trinajstić information content (AvgIpc) is 2.55. The van der Waals surface area contributed by atoms with E-state index in [1.54, 1.807) is 23.1 Å². The SMILES string of the molecule is CCc1cccc(C(=O)N(CCO)Cc2ccccc2)c1O. The maximum Gasteiger partial charge on any atom is 0.258 e. The van der Waals surface area contributed by atoms with Gasteiger partial charge in [-0.05, 0) is 23.6 Å². The van der Waals surface area contributed by atoms with Crippen molar-refractivity contribution in [2.75, 3.05) is 13.2 Å². The zero-order valence-electron chi connectivity index (χ0n) is 12.7. The fourth-order valence-electron chi connectivity index (χ4n) is 2.40. The molecule has 1 amide bonds. The third-order valence-electron chi connectivity index (χ3n) is 3.60. The lowest BCUT2D eigenvalue weighted by molar-refractivity contribution is 0.0704. The lowest BCUT2D eigenvalue weighted by Gasteiger charge is -2.23. The van der Waals surface area contributed by atoms with Crippen molar-refractivity contribution >= 4 is 5.91 Å². The Hall–Kier alpha value is -2.33. The van der Waals surface area contributed by atoms with Crippen LogP contribution in [0.4, 0.5) is 0 Å². The highest BCUT2D eigenvalue weighted by molar-refractivity contribution is 5.97. The number of aryl methyl sites for hydroxylation is 1. The van der Waals surface area contributed by atoms with Crippen LogP contribution in [-0.4, -0.2) is 34.2 Å². The molecular formula is C18H21NO3. The van der Waals surface area contributed by atoms with E-state index in [1.165, 1.54) is 0 Å². The summed E-state index contributed by atoms with van der Waals surface area (Å²) in [6.07, 6.45) is 0.658. The van der Waals surface area contributed by atoms with Crippen LogP contribution >= 0.6 is 0 Å². The highest BCUT2D eigenvalue weighted by atomic mass is 16.3. The van der Waals surface area contributed by atoms with Gasteiger partial charge in [-0.15, -0.1) is 0 Å². The average molecular weight is 299 g/mol. The molecule has 0 aromatic heterocycles. The van der Waals surface area contributed by atoms with Crippen molar-refractivity contribution in [1.82, 2.24) is 4.90 Å². The van der Waals surface area contributed by atoms with Crippen molar-refractivity contribution in [2.24, 2.45) is 0 Å². The molecule has 0 radical (unpaired) electrons. The number of aliphatic hydroxyl groups is 1. The first-order chi connectivity index (χ1) is 10.7. The highest BCUT2D eigenvalue weighted by Gasteiger charge is 2.20. The molecule has 0 aliphatic heterocycles. The van der Waals surface area contributed by atoms with Gasteiger partial charge in [0.1, 0.15) is 5.75 Å². The van der Waals surface area contributed by atoms with E-state index in [-0.39, 0.29) is 30.4 Å². The molecule has 0 bridgehead atoms. The molecule has 0 saturated carbocycles. The molecule has 2 aromatic carbocycles. The van der Waals surface area contributed by atoms with Gasteiger partial charge in [0.25, 0.3) is 5.91 Å². The Kier molecular flexibility index (Phi) is 5.55. The van der Waals surface area contributed by atoms with Crippen molar-refractivity contribution in [2.45, 2.75) is 19.9 Å². The highest BCUT2D eigenvalue weighted by Crippen LogP contribution is 2.24. The van der Waals surface area contributed by atoms with E-state index in [9.17, 15) is 15.0 Å². The minimum Gasteiger partial charge on any atom is -0.507 e. The molecule has 0 heterocycles. The molecule has 2 rings (SSSR count). The minimum atomic E-state index is -0.272. The van der Waals surface area contributed by atoms with Gasteiger partial charge in [-0.3, -0.25) is 4.79 Å². The number of carbonyl (C=O) groups excluding carboxylic acids is 1. The molecule has 0 atom stereocenters. The largest absolute Gasteiger partial charge is 0.507 e. The summed E-state index contributed by atoms with van der Waals surface area (Å²) < 4.78 is 0. The summed E-state index contributed by atoms with van der Waals surface area (Å²) in [6.45, 7) is 2.44. The Morgan fingerprint density at radius 3 is 2.45 bits per heavy atom. The number of phenolic OH excluding ortho intramolecular Hbond substituents is 1. The first kappa shape index (κ1) is 16.0. The predicted octanol–water partition coefficient (Wildman–Crippen LogP) is 2.59. The lowest BCUT2D eigenvalue weighted by Crippen LogP contribution is -2.33. The molecule has 0 fully saturated rings. The molecule has 116 valence electrons. The van der Waals surface area contributed by atoms with Gasteiger partial charge in [0, 0.05) is 13.1 Å². The van der Waals surface area contributed by atoms with Gasteiger partial charge in [-0.25, -0.2) is 0 Å². The van der Waals surface area contributed by atoms with Gasteiger partial charge in [0.15, 0.2) is 0 Å². The summed E-state index contributed by atoms with van der Waals surface area (Å²) in [5, 5.41) is 19.5. The molecule has 0 aliphatic rings. The molecule has 4 heteroatoms. The molecule has 0 saturated heterocycles. The molecule has 4 nitrogen and oxygen atoms in total. The summed E-state index contributed by atoms with van der Waals surface area (Å²) in [6, 6.07) is 14.8. The molecule has 2 N–H and O–H groups in total. The maximum atomic E-state index is 12.7. The van der Waals surface area contributed by atoms with Crippen LogP contribution in [0.1, 0.15) is 28.4 Å². The van der Waals surface area contributed by atoms with E-state index in [2.05, 4.69) is 0 Å². The van der Waals surface area contributed by atoms with Crippen LogP contribution in [0.5, 0.6) is 5.75 Å². The third-order valence-corrected chi connectivity index (χ3v) is 3.60. The van der Waals surface area contributed by atoms with Gasteiger partial charge in [-0.2, -0.15) is 0 Å². The number of para-hydroxylation sites is 1. The van der Waals surface area contributed by atoms with E-state index in [4.69, 9.17) is 0 Å². The number of hydrogen-bond donors (Lipinski definition) is 2. The van der Waals surface area contributed by atoms with Crippen molar-refractivity contribution in [3.8, 4) is 5.75 Å². The topological polar surface area (TPSA) is 60.8 Å². The Morgan fingerprint density at radius 1 is 1.09 bits per heavy atom. The van der Waals surface area contributed by atoms with Gasteiger partial charge in [0.2, 0.25) is 0 Å². The number of nitrogens with zero attached hydrogens (tertiary/aromatic N) is 1. The number of benzene rings is 2. The Labute approximate surface area is 130 Å². The lowest BCUT2D eigenvalue weighted by atomic mass is 10.1. The summed E-state index contributed by atoms with van der Waals surface area (Å²) in [5.74, 6) is -0.239.